The molecule has 0 amide bonds. The molecule has 0 aromatic heterocycles. The van der Waals surface area contributed by atoms with Crippen LogP contribution < -0.4 is 4.74 Å². The van der Waals surface area contributed by atoms with Crippen molar-refractivity contribution in [1.82, 2.24) is 0 Å². The highest BCUT2D eigenvalue weighted by atomic mass is 79.9. The molecular formula is C12H17BrO4S. The van der Waals surface area contributed by atoms with Crippen LogP contribution in [0, 0.1) is 0 Å². The van der Waals surface area contributed by atoms with Crippen molar-refractivity contribution in [3.8, 4) is 5.75 Å². The Kier molecular flexibility index (Phi) is 5.19. The fourth-order valence-electron chi connectivity index (χ4n) is 1.58. The number of halogens is 1. The summed E-state index contributed by atoms with van der Waals surface area (Å²) in [6.45, 7) is 1.50. The van der Waals surface area contributed by atoms with Gasteiger partial charge in [0, 0.05) is 17.1 Å². The van der Waals surface area contributed by atoms with Gasteiger partial charge in [0.15, 0.2) is 9.84 Å². The zero-order chi connectivity index (χ0) is 13.9. The number of methoxy groups -OCH3 is 1. The number of ether oxygens (including phenoxy) is 1. The molecule has 0 saturated carbocycles. The molecule has 0 fully saturated rings. The van der Waals surface area contributed by atoms with E-state index in [-0.39, 0.29) is 6.42 Å². The second-order valence-corrected chi connectivity index (χ2v) is 7.58. The van der Waals surface area contributed by atoms with Crippen LogP contribution in [0.2, 0.25) is 0 Å². The lowest BCUT2D eigenvalue weighted by molar-refractivity contribution is 0.172. The molecule has 6 heteroatoms. The molecule has 18 heavy (non-hydrogen) atoms. The molecule has 0 aliphatic rings. The van der Waals surface area contributed by atoms with Gasteiger partial charge in [-0.25, -0.2) is 8.42 Å². The summed E-state index contributed by atoms with van der Waals surface area (Å²) < 4.78 is 28.8. The lowest BCUT2D eigenvalue weighted by Crippen LogP contribution is -2.32. The molecule has 0 radical (unpaired) electrons. The maximum Gasteiger partial charge on any atom is 0.152 e. The van der Waals surface area contributed by atoms with Crippen LogP contribution >= 0.6 is 15.9 Å². The highest BCUT2D eigenvalue weighted by Gasteiger charge is 2.25. The Balaban J connectivity index is 2.94. The van der Waals surface area contributed by atoms with E-state index >= 15 is 0 Å². The van der Waals surface area contributed by atoms with Crippen molar-refractivity contribution in [1.29, 1.82) is 0 Å². The highest BCUT2D eigenvalue weighted by molar-refractivity contribution is 9.10. The van der Waals surface area contributed by atoms with E-state index in [4.69, 9.17) is 4.74 Å². The van der Waals surface area contributed by atoms with Crippen molar-refractivity contribution >= 4 is 25.8 Å². The normalized spacial score (nSPS) is 15.2. The molecule has 0 saturated heterocycles. The summed E-state index contributed by atoms with van der Waals surface area (Å²) in [5, 5.41) is 9.16. The van der Waals surface area contributed by atoms with Crippen LogP contribution in [0.1, 0.15) is 12.5 Å². The summed E-state index contributed by atoms with van der Waals surface area (Å²) in [5.74, 6) is 0.637. The van der Waals surface area contributed by atoms with Crippen molar-refractivity contribution < 1.29 is 18.3 Å². The molecule has 0 aliphatic carbocycles. The van der Waals surface area contributed by atoms with Crippen molar-refractivity contribution in [2.24, 2.45) is 0 Å². The van der Waals surface area contributed by atoms with Gasteiger partial charge in [-0.3, -0.25) is 0 Å². The lowest BCUT2D eigenvalue weighted by Gasteiger charge is -2.18. The SMILES string of the molecule is COc1ccc(Br)cc1CC(O)C(C)S(C)(=O)=O. The maximum absolute atomic E-state index is 11.4. The van der Waals surface area contributed by atoms with E-state index in [0.29, 0.717) is 5.75 Å². The van der Waals surface area contributed by atoms with Crippen LogP contribution in [-0.4, -0.2) is 38.2 Å². The first-order valence-corrected chi connectivity index (χ1v) is 8.19. The minimum absolute atomic E-state index is 0.233. The number of sulfone groups is 1. The summed E-state index contributed by atoms with van der Waals surface area (Å²) in [6.07, 6.45) is 0.402. The Morgan fingerprint density at radius 1 is 1.44 bits per heavy atom. The smallest absolute Gasteiger partial charge is 0.152 e. The van der Waals surface area contributed by atoms with E-state index in [1.54, 1.807) is 13.2 Å². The van der Waals surface area contributed by atoms with Crippen LogP contribution in [0.25, 0.3) is 0 Å². The van der Waals surface area contributed by atoms with Crippen LogP contribution in [0.3, 0.4) is 0 Å². The van der Waals surface area contributed by atoms with Gasteiger partial charge in [-0.05, 0) is 30.7 Å². The fourth-order valence-corrected chi connectivity index (χ4v) is 2.66. The summed E-state index contributed by atoms with van der Waals surface area (Å²) in [6, 6.07) is 5.42. The topological polar surface area (TPSA) is 63.6 Å². The van der Waals surface area contributed by atoms with Crippen LogP contribution in [-0.2, 0) is 16.3 Å². The third kappa shape index (κ3) is 3.96. The molecule has 2 unspecified atom stereocenters. The van der Waals surface area contributed by atoms with Crippen LogP contribution in [0.5, 0.6) is 5.75 Å². The van der Waals surface area contributed by atoms with Gasteiger partial charge in [-0.1, -0.05) is 15.9 Å². The van der Waals surface area contributed by atoms with Gasteiger partial charge in [0.25, 0.3) is 0 Å². The van der Waals surface area contributed by atoms with E-state index in [9.17, 15) is 13.5 Å². The standard InChI is InChI=1S/C12H17BrO4S/c1-8(18(3,15)16)11(14)7-9-6-10(13)4-5-12(9)17-2/h4-6,8,11,14H,7H2,1-3H3. The number of rotatable bonds is 5. The first-order chi connectivity index (χ1) is 8.25. The maximum atomic E-state index is 11.4. The third-order valence-electron chi connectivity index (χ3n) is 2.89. The van der Waals surface area contributed by atoms with Crippen molar-refractivity contribution in [3.63, 3.8) is 0 Å². The second-order valence-electron chi connectivity index (χ2n) is 4.26. The van der Waals surface area contributed by atoms with Crippen molar-refractivity contribution in [2.45, 2.75) is 24.7 Å². The Morgan fingerprint density at radius 2 is 2.06 bits per heavy atom. The summed E-state index contributed by atoms with van der Waals surface area (Å²) in [5.41, 5.74) is 0.773. The number of aliphatic hydroxyl groups is 1. The molecule has 2 atom stereocenters. The van der Waals surface area contributed by atoms with E-state index < -0.39 is 21.2 Å². The second kappa shape index (κ2) is 6.04. The first kappa shape index (κ1) is 15.5. The van der Waals surface area contributed by atoms with Crippen LogP contribution in [0.4, 0.5) is 0 Å². The number of aliphatic hydroxyl groups excluding tert-OH is 1. The van der Waals surface area contributed by atoms with E-state index in [1.165, 1.54) is 6.92 Å². The first-order valence-electron chi connectivity index (χ1n) is 5.45. The molecular weight excluding hydrogens is 320 g/mol. The Morgan fingerprint density at radius 3 is 2.56 bits per heavy atom. The molecule has 0 bridgehead atoms. The molecule has 1 aromatic carbocycles. The van der Waals surface area contributed by atoms with Gasteiger partial charge in [0.05, 0.1) is 18.5 Å². The largest absolute Gasteiger partial charge is 0.496 e. The molecule has 1 rings (SSSR count). The fraction of sp³-hybridized carbons (Fsp3) is 0.500. The van der Waals surface area contributed by atoms with E-state index in [0.717, 1.165) is 16.3 Å². The molecule has 1 aromatic rings. The molecule has 0 heterocycles. The van der Waals surface area contributed by atoms with Crippen LogP contribution in [0.15, 0.2) is 22.7 Å². The minimum atomic E-state index is -3.25. The highest BCUT2D eigenvalue weighted by Crippen LogP contribution is 2.25. The van der Waals surface area contributed by atoms with Crippen molar-refractivity contribution in [2.75, 3.05) is 13.4 Å². The van der Waals surface area contributed by atoms with Gasteiger partial charge < -0.3 is 9.84 Å². The van der Waals surface area contributed by atoms with Gasteiger partial charge >= 0.3 is 0 Å². The van der Waals surface area contributed by atoms with Gasteiger partial charge in [0.1, 0.15) is 5.75 Å². The Bertz CT molecular complexity index is 513. The summed E-state index contributed by atoms with van der Waals surface area (Å²) in [4.78, 5) is 0. The van der Waals surface area contributed by atoms with E-state index in [1.807, 2.05) is 12.1 Å². The van der Waals surface area contributed by atoms with Gasteiger partial charge in [-0.15, -0.1) is 0 Å². The van der Waals surface area contributed by atoms with Crippen molar-refractivity contribution in [3.05, 3.63) is 28.2 Å². The molecule has 0 spiro atoms. The number of benzene rings is 1. The monoisotopic (exact) mass is 336 g/mol. The third-order valence-corrected chi connectivity index (χ3v) is 5.05. The zero-order valence-corrected chi connectivity index (χ0v) is 13.0. The van der Waals surface area contributed by atoms with E-state index in [2.05, 4.69) is 15.9 Å². The number of hydrogen-bond acceptors (Lipinski definition) is 4. The molecule has 102 valence electrons. The summed E-state index contributed by atoms with van der Waals surface area (Å²) >= 11 is 3.34. The average molecular weight is 337 g/mol. The Labute approximate surface area is 116 Å². The molecule has 1 N–H and O–H groups in total. The predicted octanol–water partition coefficient (Wildman–Crippen LogP) is 1.79. The van der Waals surface area contributed by atoms with Gasteiger partial charge in [-0.2, -0.15) is 0 Å². The quantitative estimate of drug-likeness (QED) is 0.890. The molecule has 0 aliphatic heterocycles. The Hall–Kier alpha value is -0.590. The molecule has 4 nitrogen and oxygen atoms in total. The average Bonchev–Trinajstić information content (AvgIpc) is 2.27. The predicted molar refractivity (Wildman–Crippen MR) is 74.7 cm³/mol. The lowest BCUT2D eigenvalue weighted by atomic mass is 10.1. The summed E-state index contributed by atoms with van der Waals surface area (Å²) in [7, 11) is -1.71. The number of hydrogen-bond donors (Lipinski definition) is 1. The minimum Gasteiger partial charge on any atom is -0.496 e. The zero-order valence-electron chi connectivity index (χ0n) is 10.6. The van der Waals surface area contributed by atoms with Gasteiger partial charge in [0.2, 0.25) is 0 Å².